The monoisotopic (exact) mass is 353 g/mol. The van der Waals surface area contributed by atoms with Crippen LogP contribution in [-0.2, 0) is 11.8 Å². The van der Waals surface area contributed by atoms with Gasteiger partial charge in [0.1, 0.15) is 4.32 Å². The minimum Gasteiger partial charge on any atom is -0.350 e. The molecule has 118 valence electrons. The molecule has 0 unspecified atom stereocenters. The van der Waals surface area contributed by atoms with Gasteiger partial charge in [-0.3, -0.25) is 9.59 Å². The van der Waals surface area contributed by atoms with Crippen LogP contribution in [0.15, 0.2) is 41.4 Å². The molecular formula is C17H11N3O2S2. The van der Waals surface area contributed by atoms with Crippen molar-refractivity contribution in [3.8, 4) is 6.07 Å². The Morgan fingerprint density at radius 2 is 2.17 bits per heavy atom. The molecule has 7 heteroatoms. The van der Waals surface area contributed by atoms with Crippen LogP contribution in [0, 0.1) is 11.3 Å². The van der Waals surface area contributed by atoms with Gasteiger partial charge in [0.05, 0.1) is 16.5 Å². The quantitative estimate of drug-likeness (QED) is 0.522. The summed E-state index contributed by atoms with van der Waals surface area (Å²) >= 11 is 6.15. The van der Waals surface area contributed by atoms with E-state index >= 15 is 0 Å². The smallest absolute Gasteiger partial charge is 0.263 e. The van der Waals surface area contributed by atoms with Crippen molar-refractivity contribution in [3.63, 3.8) is 0 Å². The van der Waals surface area contributed by atoms with E-state index in [0.29, 0.717) is 25.9 Å². The van der Waals surface area contributed by atoms with Gasteiger partial charge in [-0.15, -0.1) is 0 Å². The van der Waals surface area contributed by atoms with Crippen LogP contribution >= 0.6 is 24.0 Å². The third kappa shape index (κ3) is 3.15. The molecule has 0 aliphatic carbocycles. The summed E-state index contributed by atoms with van der Waals surface area (Å²) in [5.41, 5.74) is 2.10. The van der Waals surface area contributed by atoms with Crippen molar-refractivity contribution < 1.29 is 9.59 Å². The number of ketones is 1. The van der Waals surface area contributed by atoms with Crippen LogP contribution in [0.5, 0.6) is 0 Å². The standard InChI is InChI=1S/C17H11N3O2S2/c1-20-9-12(15(21)11-4-2-3-10(5-11)8-18)6-13(20)7-14-16(22)19-17(23)24-14/h2-7,9H,1H3,(H,19,22,23)/b14-7-. The number of thiocarbonyl (C=S) groups is 1. The minimum absolute atomic E-state index is 0.175. The van der Waals surface area contributed by atoms with E-state index < -0.39 is 0 Å². The predicted octanol–water partition coefficient (Wildman–Crippen LogP) is 2.62. The summed E-state index contributed by atoms with van der Waals surface area (Å²) in [4.78, 5) is 24.8. The number of aromatic nitrogens is 1. The van der Waals surface area contributed by atoms with Gasteiger partial charge in [-0.2, -0.15) is 5.26 Å². The first-order valence-corrected chi connectivity index (χ1v) is 8.16. The molecule has 3 rings (SSSR count). The highest BCUT2D eigenvalue weighted by atomic mass is 32.2. The Morgan fingerprint density at radius 1 is 1.38 bits per heavy atom. The SMILES string of the molecule is Cn1cc(C(=O)c2cccc(C#N)c2)cc1/C=C1\SC(=S)NC1=O. The number of carbonyl (C=O) groups is 2. The Hall–Kier alpha value is -2.69. The van der Waals surface area contributed by atoms with Gasteiger partial charge in [-0.1, -0.05) is 36.1 Å². The van der Waals surface area contributed by atoms with Gasteiger partial charge in [0.25, 0.3) is 5.91 Å². The fraction of sp³-hybridized carbons (Fsp3) is 0.0588. The zero-order valence-corrected chi connectivity index (χ0v) is 14.2. The molecule has 24 heavy (non-hydrogen) atoms. The van der Waals surface area contributed by atoms with Crippen molar-refractivity contribution in [3.05, 3.63) is 63.8 Å². The molecule has 0 radical (unpaired) electrons. The lowest BCUT2D eigenvalue weighted by molar-refractivity contribution is -0.115. The number of thioether (sulfide) groups is 1. The second-order valence-electron chi connectivity index (χ2n) is 5.14. The fourth-order valence-corrected chi connectivity index (χ4v) is 3.33. The summed E-state index contributed by atoms with van der Waals surface area (Å²) in [5.74, 6) is -0.410. The average Bonchev–Trinajstić information content (AvgIpc) is 3.09. The minimum atomic E-state index is -0.235. The zero-order chi connectivity index (χ0) is 17.3. The molecule has 0 bridgehead atoms. The number of carbonyl (C=O) groups excluding carboxylic acids is 2. The lowest BCUT2D eigenvalue weighted by atomic mass is 10.0. The number of benzene rings is 1. The first-order valence-electron chi connectivity index (χ1n) is 6.94. The second-order valence-corrected chi connectivity index (χ2v) is 6.86. The summed E-state index contributed by atoms with van der Waals surface area (Å²) in [6.07, 6.45) is 3.39. The average molecular weight is 353 g/mol. The van der Waals surface area contributed by atoms with E-state index in [1.54, 1.807) is 54.2 Å². The maximum absolute atomic E-state index is 12.6. The van der Waals surface area contributed by atoms with Gasteiger partial charge < -0.3 is 9.88 Å². The molecule has 0 atom stereocenters. The Morgan fingerprint density at radius 3 is 2.83 bits per heavy atom. The van der Waals surface area contributed by atoms with Crippen LogP contribution < -0.4 is 5.32 Å². The normalized spacial score (nSPS) is 15.4. The van der Waals surface area contributed by atoms with Crippen molar-refractivity contribution in [1.82, 2.24) is 9.88 Å². The van der Waals surface area contributed by atoms with Crippen molar-refractivity contribution in [2.75, 3.05) is 0 Å². The number of nitrogens with zero attached hydrogens (tertiary/aromatic N) is 2. The van der Waals surface area contributed by atoms with Crippen LogP contribution in [0.1, 0.15) is 27.2 Å². The molecule has 1 aliphatic rings. The van der Waals surface area contributed by atoms with E-state index in [1.807, 2.05) is 6.07 Å². The van der Waals surface area contributed by atoms with Crippen LogP contribution in [-0.4, -0.2) is 20.6 Å². The summed E-state index contributed by atoms with van der Waals surface area (Å²) in [7, 11) is 1.80. The molecule has 1 aromatic carbocycles. The van der Waals surface area contributed by atoms with Gasteiger partial charge >= 0.3 is 0 Å². The van der Waals surface area contributed by atoms with Crippen molar-refractivity contribution in [2.24, 2.45) is 7.05 Å². The van der Waals surface area contributed by atoms with E-state index in [4.69, 9.17) is 17.5 Å². The third-order valence-electron chi connectivity index (χ3n) is 3.48. The summed E-state index contributed by atoms with van der Waals surface area (Å²) < 4.78 is 2.19. The number of rotatable bonds is 3. The Balaban J connectivity index is 1.93. The van der Waals surface area contributed by atoms with Crippen molar-refractivity contribution >= 4 is 46.1 Å². The van der Waals surface area contributed by atoms with Crippen molar-refractivity contribution in [1.29, 1.82) is 5.26 Å². The van der Waals surface area contributed by atoms with E-state index in [1.165, 1.54) is 11.8 Å². The van der Waals surface area contributed by atoms with Crippen LogP contribution in [0.2, 0.25) is 0 Å². The molecule has 0 saturated carbocycles. The molecule has 1 amide bonds. The topological polar surface area (TPSA) is 74.9 Å². The lowest BCUT2D eigenvalue weighted by Crippen LogP contribution is -2.17. The molecule has 1 aromatic heterocycles. The summed E-state index contributed by atoms with van der Waals surface area (Å²) in [6.45, 7) is 0. The summed E-state index contributed by atoms with van der Waals surface area (Å²) in [5, 5.41) is 11.5. The number of aryl methyl sites for hydroxylation is 1. The first kappa shape index (κ1) is 16.2. The highest BCUT2D eigenvalue weighted by molar-refractivity contribution is 8.26. The highest BCUT2D eigenvalue weighted by Gasteiger charge is 2.23. The van der Waals surface area contributed by atoms with E-state index in [2.05, 4.69) is 5.32 Å². The van der Waals surface area contributed by atoms with Gasteiger partial charge in [0.2, 0.25) is 0 Å². The first-order chi connectivity index (χ1) is 11.5. The molecule has 1 aliphatic heterocycles. The molecule has 5 nitrogen and oxygen atoms in total. The molecule has 2 heterocycles. The number of hydrogen-bond donors (Lipinski definition) is 1. The van der Waals surface area contributed by atoms with Gasteiger partial charge in [-0.25, -0.2) is 0 Å². The summed E-state index contributed by atoms with van der Waals surface area (Å²) in [6, 6.07) is 10.3. The number of nitriles is 1. The predicted molar refractivity (Wildman–Crippen MR) is 96.3 cm³/mol. The van der Waals surface area contributed by atoms with Crippen molar-refractivity contribution in [2.45, 2.75) is 0 Å². The van der Waals surface area contributed by atoms with Crippen LogP contribution in [0.25, 0.3) is 6.08 Å². The van der Waals surface area contributed by atoms with Gasteiger partial charge in [0, 0.05) is 30.1 Å². The number of nitrogens with one attached hydrogen (secondary N) is 1. The number of amides is 1. The zero-order valence-electron chi connectivity index (χ0n) is 12.6. The Kier molecular flexibility index (Phi) is 4.34. The lowest BCUT2D eigenvalue weighted by Gasteiger charge is -1.98. The van der Waals surface area contributed by atoms with Gasteiger partial charge in [0.15, 0.2) is 5.78 Å². The number of hydrogen-bond acceptors (Lipinski definition) is 5. The molecule has 1 fully saturated rings. The van der Waals surface area contributed by atoms with Crippen LogP contribution in [0.3, 0.4) is 0 Å². The van der Waals surface area contributed by atoms with E-state index in [-0.39, 0.29) is 11.7 Å². The Labute approximate surface area is 148 Å². The molecule has 2 aromatic rings. The van der Waals surface area contributed by atoms with E-state index in [9.17, 15) is 9.59 Å². The van der Waals surface area contributed by atoms with E-state index in [0.717, 1.165) is 5.69 Å². The van der Waals surface area contributed by atoms with Crippen LogP contribution in [0.4, 0.5) is 0 Å². The largest absolute Gasteiger partial charge is 0.350 e. The maximum Gasteiger partial charge on any atom is 0.263 e. The molecule has 1 saturated heterocycles. The fourth-order valence-electron chi connectivity index (χ4n) is 2.30. The maximum atomic E-state index is 12.6. The van der Waals surface area contributed by atoms with Gasteiger partial charge in [-0.05, 0) is 24.3 Å². The molecule has 0 spiro atoms. The highest BCUT2D eigenvalue weighted by Crippen LogP contribution is 2.26. The molecule has 1 N–H and O–H groups in total. The third-order valence-corrected chi connectivity index (χ3v) is 4.64. The molecular weight excluding hydrogens is 342 g/mol. The Bertz CT molecular complexity index is 951. The second kappa shape index (κ2) is 6.43.